The lowest BCUT2D eigenvalue weighted by Gasteiger charge is -2.08. The summed E-state index contributed by atoms with van der Waals surface area (Å²) in [7, 11) is 0. The predicted octanol–water partition coefficient (Wildman–Crippen LogP) is 5.13. The minimum Gasteiger partial charge on any atom is -0.484 e. The zero-order valence-corrected chi connectivity index (χ0v) is 15.7. The molecular weight excluding hydrogens is 352 g/mol. The fraction of sp³-hybridized carbons (Fsp3) is 0.130. The van der Waals surface area contributed by atoms with E-state index < -0.39 is 0 Å². The Labute approximate surface area is 163 Å². The Morgan fingerprint density at radius 2 is 1.79 bits per heavy atom. The van der Waals surface area contributed by atoms with Crippen molar-refractivity contribution < 1.29 is 13.9 Å². The molecule has 28 heavy (non-hydrogen) atoms. The maximum absolute atomic E-state index is 12.1. The van der Waals surface area contributed by atoms with E-state index in [1.165, 1.54) is 0 Å². The largest absolute Gasteiger partial charge is 0.484 e. The number of amides is 1. The quantitative estimate of drug-likeness (QED) is 0.527. The van der Waals surface area contributed by atoms with Crippen LogP contribution in [0.3, 0.4) is 0 Å². The number of hydrogen-bond donors (Lipinski definition) is 1. The molecule has 5 heteroatoms. The Bertz CT molecular complexity index is 1130. The fourth-order valence-electron chi connectivity index (χ4n) is 2.90. The molecule has 0 aliphatic carbocycles. The monoisotopic (exact) mass is 372 g/mol. The molecule has 0 atom stereocenters. The molecule has 140 valence electrons. The van der Waals surface area contributed by atoms with Crippen molar-refractivity contribution in [2.45, 2.75) is 13.8 Å². The van der Waals surface area contributed by atoms with Gasteiger partial charge in [-0.1, -0.05) is 18.2 Å². The summed E-state index contributed by atoms with van der Waals surface area (Å²) in [4.78, 5) is 16.6. The van der Waals surface area contributed by atoms with Gasteiger partial charge in [0.05, 0.1) is 0 Å². The van der Waals surface area contributed by atoms with E-state index in [-0.39, 0.29) is 12.5 Å². The van der Waals surface area contributed by atoms with Gasteiger partial charge in [0.2, 0.25) is 5.89 Å². The van der Waals surface area contributed by atoms with Gasteiger partial charge in [0.25, 0.3) is 5.91 Å². The van der Waals surface area contributed by atoms with Crippen molar-refractivity contribution in [3.63, 3.8) is 0 Å². The Kier molecular flexibility index (Phi) is 4.81. The number of nitrogens with zero attached hydrogens (tertiary/aromatic N) is 1. The number of carbonyl (C=O) groups excluding carboxylic acids is 1. The van der Waals surface area contributed by atoms with Crippen LogP contribution in [-0.4, -0.2) is 17.5 Å². The van der Waals surface area contributed by atoms with Crippen LogP contribution in [0.2, 0.25) is 0 Å². The van der Waals surface area contributed by atoms with Gasteiger partial charge in [-0.2, -0.15) is 0 Å². The van der Waals surface area contributed by atoms with Gasteiger partial charge in [-0.05, 0) is 73.5 Å². The van der Waals surface area contributed by atoms with Crippen LogP contribution < -0.4 is 10.1 Å². The zero-order valence-electron chi connectivity index (χ0n) is 15.7. The molecule has 1 heterocycles. The number of benzene rings is 3. The van der Waals surface area contributed by atoms with Crippen LogP contribution in [-0.2, 0) is 4.79 Å². The van der Waals surface area contributed by atoms with E-state index in [0.717, 1.165) is 27.8 Å². The smallest absolute Gasteiger partial charge is 0.262 e. The molecule has 3 aromatic carbocycles. The number of fused-ring (bicyclic) bond motifs is 1. The summed E-state index contributed by atoms with van der Waals surface area (Å²) in [5.41, 5.74) is 5.34. The molecule has 1 N–H and O–H groups in total. The van der Waals surface area contributed by atoms with E-state index in [0.29, 0.717) is 17.3 Å². The van der Waals surface area contributed by atoms with Gasteiger partial charge in [-0.15, -0.1) is 0 Å². The van der Waals surface area contributed by atoms with Crippen molar-refractivity contribution in [3.8, 4) is 17.2 Å². The number of hydrogen-bond acceptors (Lipinski definition) is 4. The van der Waals surface area contributed by atoms with Gasteiger partial charge in [0, 0.05) is 11.3 Å². The zero-order chi connectivity index (χ0) is 19.5. The summed E-state index contributed by atoms with van der Waals surface area (Å²) >= 11 is 0. The third-order valence-electron chi connectivity index (χ3n) is 4.32. The molecule has 4 aromatic rings. The van der Waals surface area contributed by atoms with E-state index in [1.807, 2.05) is 80.6 Å². The second kappa shape index (κ2) is 7.56. The summed E-state index contributed by atoms with van der Waals surface area (Å²) in [6.45, 7) is 3.95. The maximum atomic E-state index is 12.1. The van der Waals surface area contributed by atoms with Crippen LogP contribution in [0.1, 0.15) is 11.1 Å². The van der Waals surface area contributed by atoms with Gasteiger partial charge in [-0.3, -0.25) is 4.79 Å². The van der Waals surface area contributed by atoms with E-state index in [9.17, 15) is 4.79 Å². The molecule has 0 bridgehead atoms. The highest BCUT2D eigenvalue weighted by Gasteiger charge is 2.09. The molecule has 0 spiro atoms. The topological polar surface area (TPSA) is 64.4 Å². The lowest BCUT2D eigenvalue weighted by molar-refractivity contribution is -0.118. The molecular formula is C23H20N2O3. The Morgan fingerprint density at radius 1 is 1.00 bits per heavy atom. The van der Waals surface area contributed by atoms with Crippen molar-refractivity contribution in [2.24, 2.45) is 0 Å². The third-order valence-corrected chi connectivity index (χ3v) is 4.32. The molecule has 0 radical (unpaired) electrons. The number of aryl methyl sites for hydroxylation is 2. The van der Waals surface area contributed by atoms with Crippen molar-refractivity contribution in [1.29, 1.82) is 0 Å². The molecule has 5 nitrogen and oxygen atoms in total. The predicted molar refractivity (Wildman–Crippen MR) is 109 cm³/mol. The first-order chi connectivity index (χ1) is 13.6. The van der Waals surface area contributed by atoms with Crippen molar-refractivity contribution >= 4 is 22.7 Å². The molecule has 0 aliphatic rings. The fourth-order valence-corrected chi connectivity index (χ4v) is 2.90. The highest BCUT2D eigenvalue weighted by Crippen LogP contribution is 2.26. The first kappa shape index (κ1) is 17.8. The molecule has 0 aliphatic heterocycles. The van der Waals surface area contributed by atoms with Crippen molar-refractivity contribution in [2.75, 3.05) is 11.9 Å². The normalized spacial score (nSPS) is 10.8. The van der Waals surface area contributed by atoms with Crippen LogP contribution in [0.4, 0.5) is 5.69 Å². The highest BCUT2D eigenvalue weighted by atomic mass is 16.5. The summed E-state index contributed by atoms with van der Waals surface area (Å²) in [5, 5.41) is 2.82. The van der Waals surface area contributed by atoms with Crippen LogP contribution in [0.25, 0.3) is 22.6 Å². The van der Waals surface area contributed by atoms with Gasteiger partial charge in [0.1, 0.15) is 11.3 Å². The van der Waals surface area contributed by atoms with Crippen LogP contribution in [0.5, 0.6) is 5.75 Å². The third kappa shape index (κ3) is 4.04. The number of ether oxygens (including phenoxy) is 1. The lowest BCUT2D eigenvalue weighted by atomic mass is 10.2. The van der Waals surface area contributed by atoms with Crippen molar-refractivity contribution in [3.05, 3.63) is 77.9 Å². The Hall–Kier alpha value is -3.60. The SMILES string of the molecule is Cc1cccc(OCC(=O)Nc2ccc(-c3nc4ccc(C)cc4o3)cc2)c1. The maximum Gasteiger partial charge on any atom is 0.262 e. The second-order valence-corrected chi connectivity index (χ2v) is 6.72. The Morgan fingerprint density at radius 3 is 2.57 bits per heavy atom. The van der Waals surface area contributed by atoms with Gasteiger partial charge in [0.15, 0.2) is 12.2 Å². The summed E-state index contributed by atoms with van der Waals surface area (Å²) in [6, 6.07) is 20.9. The number of oxazole rings is 1. The van der Waals surface area contributed by atoms with Crippen LogP contribution in [0, 0.1) is 13.8 Å². The standard InChI is InChI=1S/C23H20N2O3/c1-15-4-3-5-19(12-15)27-14-22(26)24-18-9-7-17(8-10-18)23-25-20-11-6-16(2)13-21(20)28-23/h3-13H,14H2,1-2H3,(H,24,26). The Balaban J connectivity index is 1.40. The van der Waals surface area contributed by atoms with E-state index in [2.05, 4.69) is 10.3 Å². The molecule has 0 unspecified atom stereocenters. The molecule has 0 fully saturated rings. The lowest BCUT2D eigenvalue weighted by Crippen LogP contribution is -2.20. The van der Waals surface area contributed by atoms with Gasteiger partial charge >= 0.3 is 0 Å². The first-order valence-electron chi connectivity index (χ1n) is 9.04. The highest BCUT2D eigenvalue weighted by molar-refractivity contribution is 5.92. The first-order valence-corrected chi connectivity index (χ1v) is 9.04. The summed E-state index contributed by atoms with van der Waals surface area (Å²) in [6.07, 6.45) is 0. The summed E-state index contributed by atoms with van der Waals surface area (Å²) < 4.78 is 11.4. The second-order valence-electron chi connectivity index (χ2n) is 6.72. The van der Waals surface area contributed by atoms with E-state index in [4.69, 9.17) is 9.15 Å². The minimum atomic E-state index is -0.216. The molecule has 1 amide bonds. The van der Waals surface area contributed by atoms with E-state index >= 15 is 0 Å². The van der Waals surface area contributed by atoms with Crippen LogP contribution >= 0.6 is 0 Å². The number of nitrogens with one attached hydrogen (secondary N) is 1. The van der Waals surface area contributed by atoms with Gasteiger partial charge in [-0.25, -0.2) is 4.98 Å². The number of carbonyl (C=O) groups is 1. The molecule has 0 saturated carbocycles. The van der Waals surface area contributed by atoms with Crippen molar-refractivity contribution in [1.82, 2.24) is 4.98 Å². The molecule has 4 rings (SSSR count). The molecule has 1 aromatic heterocycles. The average molecular weight is 372 g/mol. The average Bonchev–Trinajstić information content (AvgIpc) is 3.10. The number of anilines is 1. The minimum absolute atomic E-state index is 0.0459. The summed E-state index contributed by atoms with van der Waals surface area (Å²) in [5.74, 6) is 1.02. The molecule has 0 saturated heterocycles. The van der Waals surface area contributed by atoms with Crippen LogP contribution in [0.15, 0.2) is 71.1 Å². The van der Waals surface area contributed by atoms with E-state index in [1.54, 1.807) is 0 Å². The number of aromatic nitrogens is 1. The van der Waals surface area contributed by atoms with Gasteiger partial charge < -0.3 is 14.5 Å². The number of rotatable bonds is 5.